The van der Waals surface area contributed by atoms with Gasteiger partial charge >= 0.3 is 11.9 Å². The second-order valence-electron chi connectivity index (χ2n) is 7.23. The molecule has 0 aromatic heterocycles. The van der Waals surface area contributed by atoms with Crippen molar-refractivity contribution in [3.05, 3.63) is 111 Å². The number of hydrogen-bond acceptors (Lipinski definition) is 6. The number of carbonyl (C=O) groups is 2. The minimum absolute atomic E-state index is 0.0698. The van der Waals surface area contributed by atoms with E-state index in [2.05, 4.69) is 0 Å². The highest BCUT2D eigenvalue weighted by Gasteiger charge is 2.62. The van der Waals surface area contributed by atoms with E-state index in [0.717, 1.165) is 22.3 Å². The zero-order chi connectivity index (χ0) is 22.9. The largest absolute Gasteiger partial charge is 0.468 e. The maximum absolute atomic E-state index is 13.2. The third kappa shape index (κ3) is 3.24. The first-order valence-corrected chi connectivity index (χ1v) is 9.78. The molecular formula is C25H19NO6. The number of ether oxygens (including phenoxy) is 2. The Balaban J connectivity index is 1.89. The zero-order valence-corrected chi connectivity index (χ0v) is 17.4. The Labute approximate surface area is 184 Å². The normalized spacial score (nSPS) is 16.9. The van der Waals surface area contributed by atoms with Crippen LogP contribution in [-0.4, -0.2) is 31.1 Å². The molecule has 1 unspecified atom stereocenters. The Hall–Kier alpha value is -4.26. The predicted octanol–water partition coefficient (Wildman–Crippen LogP) is 4.42. The molecule has 0 N–H and O–H groups in total. The highest BCUT2D eigenvalue weighted by atomic mass is 16.6. The molecule has 0 heterocycles. The minimum Gasteiger partial charge on any atom is -0.468 e. The summed E-state index contributed by atoms with van der Waals surface area (Å²) in [4.78, 5) is 35.7. The Morgan fingerprint density at radius 1 is 0.781 bits per heavy atom. The molecule has 0 radical (unpaired) electrons. The molecule has 1 aliphatic rings. The second kappa shape index (κ2) is 8.11. The van der Waals surface area contributed by atoms with Gasteiger partial charge in [-0.3, -0.25) is 14.9 Å². The van der Waals surface area contributed by atoms with Crippen molar-refractivity contribution in [3.63, 3.8) is 0 Å². The smallest absolute Gasteiger partial charge is 0.337 e. The van der Waals surface area contributed by atoms with Crippen LogP contribution in [0.4, 0.5) is 5.69 Å². The van der Waals surface area contributed by atoms with Gasteiger partial charge in [0.05, 0.1) is 24.7 Å². The van der Waals surface area contributed by atoms with E-state index in [9.17, 15) is 19.7 Å². The van der Waals surface area contributed by atoms with Crippen LogP contribution in [0.5, 0.6) is 0 Å². The van der Waals surface area contributed by atoms with Gasteiger partial charge in [-0.2, -0.15) is 0 Å². The molecule has 1 atom stereocenters. The number of esters is 2. The molecule has 0 amide bonds. The lowest BCUT2D eigenvalue weighted by atomic mass is 9.84. The molecule has 3 aromatic carbocycles. The van der Waals surface area contributed by atoms with E-state index in [1.54, 1.807) is 36.4 Å². The van der Waals surface area contributed by atoms with Crippen LogP contribution in [0.3, 0.4) is 0 Å². The Bertz CT molecular complexity index is 1230. The van der Waals surface area contributed by atoms with Gasteiger partial charge < -0.3 is 9.47 Å². The van der Waals surface area contributed by atoms with Gasteiger partial charge in [-0.25, -0.2) is 4.79 Å². The van der Waals surface area contributed by atoms with Crippen LogP contribution in [0.25, 0.3) is 11.1 Å². The Morgan fingerprint density at radius 2 is 1.34 bits per heavy atom. The molecule has 0 saturated carbocycles. The maximum Gasteiger partial charge on any atom is 0.337 e. The van der Waals surface area contributed by atoms with Crippen molar-refractivity contribution >= 4 is 28.8 Å². The highest BCUT2D eigenvalue weighted by molar-refractivity contribution is 6.32. The van der Waals surface area contributed by atoms with Crippen LogP contribution in [0.2, 0.25) is 0 Å². The van der Waals surface area contributed by atoms with Gasteiger partial charge in [0.15, 0.2) is 0 Å². The van der Waals surface area contributed by atoms with Crippen molar-refractivity contribution in [3.8, 4) is 0 Å². The third-order valence-corrected chi connectivity index (χ3v) is 5.60. The summed E-state index contributed by atoms with van der Waals surface area (Å²) in [7, 11) is 2.62. The average molecular weight is 429 g/mol. The second-order valence-corrected chi connectivity index (χ2v) is 7.23. The van der Waals surface area contributed by atoms with Crippen molar-refractivity contribution in [2.75, 3.05) is 14.2 Å². The fourth-order valence-electron chi connectivity index (χ4n) is 4.10. The van der Waals surface area contributed by atoms with E-state index in [4.69, 9.17) is 9.47 Å². The fraction of sp³-hybridized carbons (Fsp3) is 0.120. The Morgan fingerprint density at radius 3 is 1.84 bits per heavy atom. The first-order valence-electron chi connectivity index (χ1n) is 9.78. The van der Waals surface area contributed by atoms with Crippen molar-refractivity contribution in [2.45, 2.75) is 5.41 Å². The molecule has 0 aliphatic heterocycles. The van der Waals surface area contributed by atoms with Crippen LogP contribution in [-0.2, 0) is 19.7 Å². The van der Waals surface area contributed by atoms with Crippen molar-refractivity contribution in [1.82, 2.24) is 0 Å². The molecule has 4 rings (SSSR count). The van der Waals surface area contributed by atoms with Gasteiger partial charge in [0.2, 0.25) is 0 Å². The lowest BCUT2D eigenvalue weighted by Crippen LogP contribution is -2.27. The summed E-state index contributed by atoms with van der Waals surface area (Å²) >= 11 is 0. The minimum atomic E-state index is -1.21. The van der Waals surface area contributed by atoms with Crippen molar-refractivity contribution < 1.29 is 24.0 Å². The molecule has 1 aliphatic carbocycles. The van der Waals surface area contributed by atoms with Crippen molar-refractivity contribution in [2.24, 2.45) is 0 Å². The maximum atomic E-state index is 13.2. The van der Waals surface area contributed by atoms with Crippen LogP contribution in [0, 0.1) is 10.1 Å². The zero-order valence-electron chi connectivity index (χ0n) is 17.4. The van der Waals surface area contributed by atoms with E-state index in [1.807, 2.05) is 30.3 Å². The highest BCUT2D eigenvalue weighted by Crippen LogP contribution is 2.65. The molecule has 7 heteroatoms. The van der Waals surface area contributed by atoms with Crippen LogP contribution < -0.4 is 0 Å². The van der Waals surface area contributed by atoms with E-state index >= 15 is 0 Å². The number of carbonyl (C=O) groups excluding carboxylic acids is 2. The van der Waals surface area contributed by atoms with E-state index < -0.39 is 22.3 Å². The SMILES string of the molecule is COC(=O)c1ccc(C2=C(c3ccccc3)C2(C(=O)OC)c2ccc([N+](=O)[O-])cc2)cc1. The number of nitro benzene ring substituents is 1. The first-order chi connectivity index (χ1) is 15.4. The third-order valence-electron chi connectivity index (χ3n) is 5.60. The summed E-state index contributed by atoms with van der Waals surface area (Å²) in [5, 5.41) is 11.1. The summed E-state index contributed by atoms with van der Waals surface area (Å²) in [6, 6.07) is 22.1. The number of nitrogens with zero attached hydrogens (tertiary/aromatic N) is 1. The lowest BCUT2D eigenvalue weighted by Gasteiger charge is -2.19. The molecule has 160 valence electrons. The number of nitro groups is 1. The standard InChI is InChI=1S/C25H19NO6/c1-31-23(27)18-10-8-17(9-11-18)22-21(16-6-4-3-5-7-16)25(22,24(28)32-2)19-12-14-20(15-13-19)26(29)30/h3-15H,1-2H3. The summed E-state index contributed by atoms with van der Waals surface area (Å²) in [5.74, 6) is -0.948. The van der Waals surface area contributed by atoms with Gasteiger partial charge in [-0.1, -0.05) is 54.6 Å². The molecule has 0 saturated heterocycles. The van der Waals surface area contributed by atoms with Crippen LogP contribution >= 0.6 is 0 Å². The fourth-order valence-corrected chi connectivity index (χ4v) is 4.10. The van der Waals surface area contributed by atoms with E-state index in [0.29, 0.717) is 11.1 Å². The number of benzene rings is 3. The van der Waals surface area contributed by atoms with Crippen molar-refractivity contribution in [1.29, 1.82) is 0 Å². The predicted molar refractivity (Wildman–Crippen MR) is 118 cm³/mol. The lowest BCUT2D eigenvalue weighted by molar-refractivity contribution is -0.384. The van der Waals surface area contributed by atoms with Gasteiger partial charge in [0.1, 0.15) is 5.41 Å². The van der Waals surface area contributed by atoms with Gasteiger partial charge in [-0.05, 0) is 40.0 Å². The molecule has 3 aromatic rings. The molecule has 0 fully saturated rings. The van der Waals surface area contributed by atoms with E-state index in [-0.39, 0.29) is 5.69 Å². The van der Waals surface area contributed by atoms with Gasteiger partial charge in [0.25, 0.3) is 5.69 Å². The van der Waals surface area contributed by atoms with Crippen LogP contribution in [0.15, 0.2) is 78.9 Å². The summed E-state index contributed by atoms with van der Waals surface area (Å²) in [5.41, 5.74) is 2.73. The summed E-state index contributed by atoms with van der Waals surface area (Å²) in [6.45, 7) is 0. The average Bonchev–Trinajstić information content (AvgIpc) is 3.55. The summed E-state index contributed by atoms with van der Waals surface area (Å²) < 4.78 is 9.96. The Kier molecular flexibility index (Phi) is 5.32. The summed E-state index contributed by atoms with van der Waals surface area (Å²) in [6.07, 6.45) is 0. The molecule has 0 spiro atoms. The number of non-ortho nitro benzene ring substituents is 1. The number of rotatable bonds is 6. The number of hydrogen-bond donors (Lipinski definition) is 0. The number of methoxy groups -OCH3 is 2. The van der Waals surface area contributed by atoms with E-state index in [1.165, 1.54) is 26.4 Å². The molecule has 7 nitrogen and oxygen atoms in total. The van der Waals surface area contributed by atoms with Gasteiger partial charge in [0, 0.05) is 12.1 Å². The molecule has 32 heavy (non-hydrogen) atoms. The topological polar surface area (TPSA) is 95.7 Å². The van der Waals surface area contributed by atoms with Gasteiger partial charge in [-0.15, -0.1) is 0 Å². The molecule has 0 bridgehead atoms. The monoisotopic (exact) mass is 429 g/mol. The van der Waals surface area contributed by atoms with Crippen LogP contribution in [0.1, 0.15) is 27.0 Å². The quantitative estimate of drug-likeness (QED) is 0.327. The first kappa shape index (κ1) is 21.0. The molecular weight excluding hydrogens is 410 g/mol.